The fourth-order valence-electron chi connectivity index (χ4n) is 1.83. The summed E-state index contributed by atoms with van der Waals surface area (Å²) in [6, 6.07) is 4.70. The maximum Gasteiger partial charge on any atom is 0.238 e. The Morgan fingerprint density at radius 3 is 2.83 bits per heavy atom. The van der Waals surface area contributed by atoms with E-state index in [1.54, 1.807) is 19.1 Å². The Bertz CT molecular complexity index is 431. The van der Waals surface area contributed by atoms with Crippen molar-refractivity contribution in [2.45, 2.75) is 6.92 Å². The van der Waals surface area contributed by atoms with E-state index in [4.69, 9.17) is 4.74 Å². The Balaban J connectivity index is 1.88. The Morgan fingerprint density at radius 2 is 2.17 bits per heavy atom. The van der Waals surface area contributed by atoms with Crippen LogP contribution in [0.1, 0.15) is 5.56 Å². The van der Waals surface area contributed by atoms with Crippen molar-refractivity contribution in [3.8, 4) is 0 Å². The number of hydrogen-bond acceptors (Lipinski definition) is 3. The third kappa shape index (κ3) is 3.51. The minimum Gasteiger partial charge on any atom is -0.379 e. The predicted molar refractivity (Wildman–Crippen MR) is 67.0 cm³/mol. The van der Waals surface area contributed by atoms with Gasteiger partial charge in [0.2, 0.25) is 5.91 Å². The van der Waals surface area contributed by atoms with E-state index in [2.05, 4.69) is 5.32 Å². The Kier molecular flexibility index (Phi) is 4.28. The second-order valence-electron chi connectivity index (χ2n) is 4.40. The molecule has 1 aliphatic heterocycles. The number of ether oxygens (including phenoxy) is 1. The number of rotatable bonds is 3. The molecule has 0 radical (unpaired) electrons. The number of nitrogens with one attached hydrogen (secondary N) is 1. The van der Waals surface area contributed by atoms with Crippen molar-refractivity contribution < 1.29 is 13.9 Å². The predicted octanol–water partition coefficient (Wildman–Crippen LogP) is 1.40. The molecule has 0 unspecified atom stereocenters. The van der Waals surface area contributed by atoms with Crippen molar-refractivity contribution in [2.24, 2.45) is 0 Å². The number of nitrogens with zero attached hydrogens (tertiary/aromatic N) is 1. The zero-order valence-corrected chi connectivity index (χ0v) is 10.4. The van der Waals surface area contributed by atoms with Gasteiger partial charge in [-0.1, -0.05) is 6.07 Å². The van der Waals surface area contributed by atoms with Gasteiger partial charge in [0.25, 0.3) is 0 Å². The van der Waals surface area contributed by atoms with Gasteiger partial charge in [-0.15, -0.1) is 0 Å². The van der Waals surface area contributed by atoms with Crippen LogP contribution in [-0.4, -0.2) is 43.7 Å². The molecule has 0 atom stereocenters. The molecule has 98 valence electrons. The van der Waals surface area contributed by atoms with Gasteiger partial charge in [-0.2, -0.15) is 0 Å². The highest BCUT2D eigenvalue weighted by Crippen LogP contribution is 2.13. The summed E-state index contributed by atoms with van der Waals surface area (Å²) in [5.41, 5.74) is 1.07. The quantitative estimate of drug-likeness (QED) is 0.884. The van der Waals surface area contributed by atoms with Crippen LogP contribution in [0.3, 0.4) is 0 Å². The summed E-state index contributed by atoms with van der Waals surface area (Å²) >= 11 is 0. The molecule has 0 saturated carbocycles. The average molecular weight is 252 g/mol. The molecular weight excluding hydrogens is 235 g/mol. The molecular formula is C13H17FN2O2. The lowest BCUT2D eigenvalue weighted by atomic mass is 10.2. The van der Waals surface area contributed by atoms with Crippen LogP contribution >= 0.6 is 0 Å². The molecule has 4 nitrogen and oxygen atoms in total. The van der Waals surface area contributed by atoms with Gasteiger partial charge in [0.1, 0.15) is 5.82 Å². The van der Waals surface area contributed by atoms with E-state index >= 15 is 0 Å². The van der Waals surface area contributed by atoms with Crippen LogP contribution in [0.2, 0.25) is 0 Å². The molecule has 1 aromatic rings. The lowest BCUT2D eigenvalue weighted by Gasteiger charge is -2.25. The molecule has 18 heavy (non-hydrogen) atoms. The number of anilines is 1. The van der Waals surface area contributed by atoms with Gasteiger partial charge in [-0.05, 0) is 24.6 Å². The summed E-state index contributed by atoms with van der Waals surface area (Å²) in [6.45, 7) is 4.84. The highest BCUT2D eigenvalue weighted by Gasteiger charge is 2.14. The van der Waals surface area contributed by atoms with Crippen LogP contribution in [0.5, 0.6) is 0 Å². The Hall–Kier alpha value is -1.46. The van der Waals surface area contributed by atoms with Gasteiger partial charge in [-0.3, -0.25) is 9.69 Å². The second kappa shape index (κ2) is 5.93. The van der Waals surface area contributed by atoms with Gasteiger partial charge >= 0.3 is 0 Å². The van der Waals surface area contributed by atoms with Crippen LogP contribution in [0.25, 0.3) is 0 Å². The van der Waals surface area contributed by atoms with Crippen LogP contribution in [0.15, 0.2) is 18.2 Å². The Labute approximate surface area is 106 Å². The van der Waals surface area contributed by atoms with Gasteiger partial charge in [0.05, 0.1) is 19.8 Å². The van der Waals surface area contributed by atoms with Crippen molar-refractivity contribution in [3.63, 3.8) is 0 Å². The first-order chi connectivity index (χ1) is 8.65. The first-order valence-corrected chi connectivity index (χ1v) is 6.01. The van der Waals surface area contributed by atoms with Crippen molar-refractivity contribution in [1.29, 1.82) is 0 Å². The normalized spacial score (nSPS) is 16.6. The number of amides is 1. The zero-order chi connectivity index (χ0) is 13.0. The average Bonchev–Trinajstić information content (AvgIpc) is 2.35. The minimum absolute atomic E-state index is 0.125. The number of carbonyl (C=O) groups excluding carboxylic acids is 1. The summed E-state index contributed by atoms with van der Waals surface area (Å²) in [7, 11) is 0. The van der Waals surface area contributed by atoms with Crippen molar-refractivity contribution in [1.82, 2.24) is 4.90 Å². The molecule has 1 saturated heterocycles. The van der Waals surface area contributed by atoms with Crippen LogP contribution in [0, 0.1) is 12.7 Å². The molecule has 1 fully saturated rings. The molecule has 2 rings (SSSR count). The first-order valence-electron chi connectivity index (χ1n) is 6.01. The minimum atomic E-state index is -0.306. The number of carbonyl (C=O) groups is 1. The van der Waals surface area contributed by atoms with E-state index in [1.165, 1.54) is 6.07 Å². The third-order valence-electron chi connectivity index (χ3n) is 2.93. The summed E-state index contributed by atoms with van der Waals surface area (Å²) < 4.78 is 18.5. The maximum atomic E-state index is 13.3. The van der Waals surface area contributed by atoms with Gasteiger partial charge in [0, 0.05) is 18.8 Å². The van der Waals surface area contributed by atoms with Crippen molar-refractivity contribution in [2.75, 3.05) is 38.2 Å². The zero-order valence-electron chi connectivity index (χ0n) is 10.4. The number of benzene rings is 1. The molecule has 0 aromatic heterocycles. The fraction of sp³-hybridized carbons (Fsp3) is 0.462. The molecule has 1 aliphatic rings. The second-order valence-corrected chi connectivity index (χ2v) is 4.40. The molecule has 0 spiro atoms. The SMILES string of the molecule is Cc1ccc(NC(=O)CN2CCOCC2)cc1F. The standard InChI is InChI=1S/C13H17FN2O2/c1-10-2-3-11(8-12(10)14)15-13(17)9-16-4-6-18-7-5-16/h2-3,8H,4-7,9H2,1H3,(H,15,17). The summed E-state index contributed by atoms with van der Waals surface area (Å²) in [4.78, 5) is 13.8. The molecule has 0 bridgehead atoms. The molecule has 0 aliphatic carbocycles. The van der Waals surface area contributed by atoms with E-state index in [1.807, 2.05) is 4.90 Å². The van der Waals surface area contributed by atoms with Crippen LogP contribution in [-0.2, 0) is 9.53 Å². The summed E-state index contributed by atoms with van der Waals surface area (Å²) in [6.07, 6.45) is 0. The smallest absolute Gasteiger partial charge is 0.238 e. The molecule has 1 aromatic carbocycles. The van der Waals surface area contributed by atoms with E-state index < -0.39 is 0 Å². The highest BCUT2D eigenvalue weighted by atomic mass is 19.1. The van der Waals surface area contributed by atoms with Crippen LogP contribution < -0.4 is 5.32 Å². The lowest BCUT2D eigenvalue weighted by molar-refractivity contribution is -0.118. The van der Waals surface area contributed by atoms with E-state index in [0.717, 1.165) is 13.1 Å². The number of hydrogen-bond donors (Lipinski definition) is 1. The molecule has 5 heteroatoms. The third-order valence-corrected chi connectivity index (χ3v) is 2.93. The van der Waals surface area contributed by atoms with Gasteiger partial charge < -0.3 is 10.1 Å². The summed E-state index contributed by atoms with van der Waals surface area (Å²) in [5, 5.41) is 2.70. The van der Waals surface area contributed by atoms with E-state index in [0.29, 0.717) is 31.0 Å². The van der Waals surface area contributed by atoms with Crippen molar-refractivity contribution in [3.05, 3.63) is 29.6 Å². The monoisotopic (exact) mass is 252 g/mol. The Morgan fingerprint density at radius 1 is 1.44 bits per heavy atom. The first kappa shape index (κ1) is 13.0. The molecule has 1 amide bonds. The van der Waals surface area contributed by atoms with Gasteiger partial charge in [-0.25, -0.2) is 4.39 Å². The van der Waals surface area contributed by atoms with Crippen molar-refractivity contribution >= 4 is 11.6 Å². The van der Waals surface area contributed by atoms with E-state index in [-0.39, 0.29) is 11.7 Å². The van der Waals surface area contributed by atoms with Crippen LogP contribution in [0.4, 0.5) is 10.1 Å². The number of morpholine rings is 1. The molecule has 1 heterocycles. The fourth-order valence-corrected chi connectivity index (χ4v) is 1.83. The summed E-state index contributed by atoms with van der Waals surface area (Å²) in [5.74, 6) is -0.431. The number of halogens is 1. The largest absolute Gasteiger partial charge is 0.379 e. The van der Waals surface area contributed by atoms with E-state index in [9.17, 15) is 9.18 Å². The number of aryl methyl sites for hydroxylation is 1. The molecule has 1 N–H and O–H groups in total. The highest BCUT2D eigenvalue weighted by molar-refractivity contribution is 5.92. The lowest BCUT2D eigenvalue weighted by Crippen LogP contribution is -2.41. The topological polar surface area (TPSA) is 41.6 Å². The van der Waals surface area contributed by atoms with Gasteiger partial charge in [0.15, 0.2) is 0 Å². The maximum absolute atomic E-state index is 13.3.